The summed E-state index contributed by atoms with van der Waals surface area (Å²) in [5.41, 5.74) is -3.22. The molecule has 0 bridgehead atoms. The molecule has 0 saturated carbocycles. The first kappa shape index (κ1) is 15.7. The molecule has 0 aromatic rings. The third-order valence-corrected chi connectivity index (χ3v) is 1.48. The van der Waals surface area contributed by atoms with Crippen LogP contribution in [0.3, 0.4) is 0 Å². The van der Waals surface area contributed by atoms with Gasteiger partial charge in [0.15, 0.2) is 6.10 Å². The van der Waals surface area contributed by atoms with E-state index < -0.39 is 36.0 Å². The molecule has 0 aliphatic heterocycles. The van der Waals surface area contributed by atoms with E-state index in [1.54, 1.807) is 0 Å². The van der Waals surface area contributed by atoms with Crippen LogP contribution < -0.4 is 6.15 Å². The topological polar surface area (TPSA) is 187 Å². The molecule has 15 heavy (non-hydrogen) atoms. The number of rotatable bonds is 5. The van der Waals surface area contributed by atoms with Crippen LogP contribution in [-0.2, 0) is 14.4 Å². The Hall–Kier alpha value is -1.71. The first-order chi connectivity index (χ1) is 6.21. The zero-order chi connectivity index (χ0) is 11.5. The van der Waals surface area contributed by atoms with Gasteiger partial charge in [-0.25, -0.2) is 9.59 Å². The Balaban J connectivity index is 0. The first-order valence-corrected chi connectivity index (χ1v) is 3.30. The van der Waals surface area contributed by atoms with Crippen LogP contribution >= 0.6 is 0 Å². The molecule has 2 atom stereocenters. The van der Waals surface area contributed by atoms with Crippen LogP contribution in [0.4, 0.5) is 0 Å². The van der Waals surface area contributed by atoms with Crippen LogP contribution in [0.15, 0.2) is 0 Å². The minimum absolute atomic E-state index is 0. The second kappa shape index (κ2) is 5.24. The van der Waals surface area contributed by atoms with Gasteiger partial charge in [-0.15, -0.1) is 0 Å². The quantitative estimate of drug-likeness (QED) is 0.304. The van der Waals surface area contributed by atoms with Crippen molar-refractivity contribution in [3.05, 3.63) is 0 Å². The SMILES string of the molecule is N.O=C(O)CC(O)(C(=O)O)C(O)C(=O)O. The fourth-order valence-corrected chi connectivity index (χ4v) is 0.724. The van der Waals surface area contributed by atoms with Crippen LogP contribution in [0.5, 0.6) is 0 Å². The number of carbonyl (C=O) groups is 3. The molecule has 0 saturated heterocycles. The average molecular weight is 225 g/mol. The van der Waals surface area contributed by atoms with Crippen molar-refractivity contribution in [1.82, 2.24) is 6.15 Å². The third kappa shape index (κ3) is 3.50. The van der Waals surface area contributed by atoms with E-state index in [4.69, 9.17) is 25.5 Å². The molecule has 0 aliphatic rings. The van der Waals surface area contributed by atoms with Gasteiger partial charge >= 0.3 is 17.9 Å². The Labute approximate surface area is 83.2 Å². The van der Waals surface area contributed by atoms with E-state index in [0.717, 1.165) is 0 Å². The zero-order valence-electron chi connectivity index (χ0n) is 7.45. The normalized spacial score (nSPS) is 15.6. The van der Waals surface area contributed by atoms with Gasteiger partial charge in [0.1, 0.15) is 0 Å². The Morgan fingerprint density at radius 2 is 1.53 bits per heavy atom. The summed E-state index contributed by atoms with van der Waals surface area (Å²) < 4.78 is 0. The molecule has 0 heterocycles. The van der Waals surface area contributed by atoms with Crippen molar-refractivity contribution < 1.29 is 39.9 Å². The number of hydrogen-bond acceptors (Lipinski definition) is 6. The first-order valence-electron chi connectivity index (χ1n) is 3.30. The van der Waals surface area contributed by atoms with Crippen LogP contribution in [-0.4, -0.2) is 55.1 Å². The predicted molar refractivity (Wildman–Crippen MR) is 43.5 cm³/mol. The fourth-order valence-electron chi connectivity index (χ4n) is 0.724. The van der Waals surface area contributed by atoms with Crippen molar-refractivity contribution in [3.8, 4) is 0 Å². The second-order valence-corrected chi connectivity index (χ2v) is 2.54. The van der Waals surface area contributed by atoms with Crippen molar-refractivity contribution in [3.63, 3.8) is 0 Å². The third-order valence-electron chi connectivity index (χ3n) is 1.48. The highest BCUT2D eigenvalue weighted by Crippen LogP contribution is 2.16. The Morgan fingerprint density at radius 3 is 1.73 bits per heavy atom. The minimum Gasteiger partial charge on any atom is -0.481 e. The number of carboxylic acid groups (broad SMARTS) is 3. The summed E-state index contributed by atoms with van der Waals surface area (Å²) in [7, 11) is 0. The van der Waals surface area contributed by atoms with Crippen molar-refractivity contribution in [1.29, 1.82) is 0 Å². The monoisotopic (exact) mass is 225 g/mol. The summed E-state index contributed by atoms with van der Waals surface area (Å²) in [6.07, 6.45) is -4.11. The van der Waals surface area contributed by atoms with Gasteiger partial charge in [0.25, 0.3) is 0 Å². The van der Waals surface area contributed by atoms with Crippen LogP contribution in [0.1, 0.15) is 6.42 Å². The predicted octanol–water partition coefficient (Wildman–Crippen LogP) is -2.12. The lowest BCUT2D eigenvalue weighted by Gasteiger charge is -2.23. The van der Waals surface area contributed by atoms with E-state index in [1.807, 2.05) is 0 Å². The fraction of sp³-hybridized carbons (Fsp3) is 0.500. The lowest BCUT2D eigenvalue weighted by Crippen LogP contribution is -2.54. The van der Waals surface area contributed by atoms with Gasteiger partial charge in [-0.3, -0.25) is 4.79 Å². The van der Waals surface area contributed by atoms with E-state index in [-0.39, 0.29) is 6.15 Å². The summed E-state index contributed by atoms with van der Waals surface area (Å²) in [5, 5.41) is 42.6. The van der Waals surface area contributed by atoms with Gasteiger partial charge in [0.2, 0.25) is 5.60 Å². The Bertz CT molecular complexity index is 276. The Kier molecular flexibility index (Phi) is 5.50. The molecule has 0 amide bonds. The molecular formula is C6H11NO8. The molecule has 8 N–H and O–H groups in total. The summed E-state index contributed by atoms with van der Waals surface area (Å²) in [5.74, 6) is -5.87. The van der Waals surface area contributed by atoms with E-state index in [2.05, 4.69) is 0 Å². The van der Waals surface area contributed by atoms with Gasteiger partial charge in [0.05, 0.1) is 6.42 Å². The van der Waals surface area contributed by atoms with E-state index in [0.29, 0.717) is 0 Å². The van der Waals surface area contributed by atoms with E-state index in [1.165, 1.54) is 0 Å². The number of carboxylic acids is 3. The molecule has 0 aromatic carbocycles. The summed E-state index contributed by atoms with van der Waals surface area (Å²) in [4.78, 5) is 30.7. The maximum atomic E-state index is 10.4. The Morgan fingerprint density at radius 1 is 1.13 bits per heavy atom. The molecule has 0 radical (unpaired) electrons. The van der Waals surface area contributed by atoms with Gasteiger partial charge in [-0.1, -0.05) is 0 Å². The maximum absolute atomic E-state index is 10.4. The molecular weight excluding hydrogens is 214 g/mol. The summed E-state index contributed by atoms with van der Waals surface area (Å²) in [6, 6.07) is 0. The number of aliphatic hydroxyl groups is 2. The lowest BCUT2D eigenvalue weighted by atomic mass is 9.93. The molecule has 0 aliphatic carbocycles. The highest BCUT2D eigenvalue weighted by atomic mass is 16.4. The van der Waals surface area contributed by atoms with Crippen molar-refractivity contribution >= 4 is 17.9 Å². The molecule has 9 heteroatoms. The highest BCUT2D eigenvalue weighted by molar-refractivity contribution is 5.90. The lowest BCUT2D eigenvalue weighted by molar-refractivity contribution is -0.187. The van der Waals surface area contributed by atoms with Gasteiger partial charge in [0, 0.05) is 0 Å². The molecule has 0 fully saturated rings. The van der Waals surface area contributed by atoms with Crippen LogP contribution in [0.2, 0.25) is 0 Å². The van der Waals surface area contributed by atoms with Crippen molar-refractivity contribution in [2.24, 2.45) is 0 Å². The summed E-state index contributed by atoms with van der Waals surface area (Å²) >= 11 is 0. The number of aliphatic carboxylic acids is 3. The van der Waals surface area contributed by atoms with E-state index >= 15 is 0 Å². The molecule has 0 spiro atoms. The minimum atomic E-state index is -3.22. The maximum Gasteiger partial charge on any atom is 0.339 e. The number of aliphatic hydroxyl groups excluding tert-OH is 1. The second-order valence-electron chi connectivity index (χ2n) is 2.54. The van der Waals surface area contributed by atoms with Gasteiger partial charge in [-0.2, -0.15) is 0 Å². The van der Waals surface area contributed by atoms with Gasteiger partial charge in [-0.05, 0) is 0 Å². The highest BCUT2D eigenvalue weighted by Gasteiger charge is 2.49. The smallest absolute Gasteiger partial charge is 0.339 e. The molecule has 2 unspecified atom stereocenters. The van der Waals surface area contributed by atoms with Crippen LogP contribution in [0.25, 0.3) is 0 Å². The van der Waals surface area contributed by atoms with Crippen molar-refractivity contribution in [2.75, 3.05) is 0 Å². The standard InChI is InChI=1S/C6H8O8.H3N/c7-2(8)1-6(14,5(12)13)3(9)4(10)11;/h3,9,14H,1H2,(H,7,8)(H,10,11)(H,12,13);1H3. The largest absolute Gasteiger partial charge is 0.481 e. The molecule has 9 nitrogen and oxygen atoms in total. The van der Waals surface area contributed by atoms with Crippen molar-refractivity contribution in [2.45, 2.75) is 18.1 Å². The summed E-state index contributed by atoms with van der Waals surface area (Å²) in [6.45, 7) is 0. The average Bonchev–Trinajstić information content (AvgIpc) is 2.00. The molecule has 0 aromatic heterocycles. The zero-order valence-corrected chi connectivity index (χ0v) is 7.45. The van der Waals surface area contributed by atoms with Crippen LogP contribution in [0, 0.1) is 0 Å². The molecule has 0 rings (SSSR count). The molecule has 88 valence electrons. The van der Waals surface area contributed by atoms with E-state index in [9.17, 15) is 14.4 Å². The van der Waals surface area contributed by atoms with Gasteiger partial charge < -0.3 is 31.7 Å². The number of hydrogen-bond donors (Lipinski definition) is 6.